The summed E-state index contributed by atoms with van der Waals surface area (Å²) in [7, 11) is 0. The normalized spacial score (nSPS) is 10.8. The molecule has 2 aromatic carbocycles. The third kappa shape index (κ3) is 4.31. The number of pyridine rings is 1. The van der Waals surface area contributed by atoms with Crippen molar-refractivity contribution >= 4 is 33.5 Å². The van der Waals surface area contributed by atoms with Crippen LogP contribution in [-0.2, 0) is 0 Å². The number of para-hydroxylation sites is 1. The lowest BCUT2D eigenvalue weighted by Crippen LogP contribution is -2.05. The first kappa shape index (κ1) is 19.5. The van der Waals surface area contributed by atoms with Gasteiger partial charge in [-0.2, -0.15) is 0 Å². The number of carbonyl (C=O) groups is 1. The Morgan fingerprint density at radius 3 is 2.55 bits per heavy atom. The molecule has 0 bridgehead atoms. The van der Waals surface area contributed by atoms with Crippen LogP contribution in [0.1, 0.15) is 15.9 Å². The highest BCUT2D eigenvalue weighted by atomic mass is 79.9. The van der Waals surface area contributed by atoms with Gasteiger partial charge in [0.25, 0.3) is 0 Å². The molecule has 144 valence electrons. The molecule has 7 heteroatoms. The lowest BCUT2D eigenvalue weighted by molar-refractivity contribution is 0.102. The number of aromatic nitrogens is 4. The van der Waals surface area contributed by atoms with Crippen molar-refractivity contribution in [3.8, 4) is 17.1 Å². The van der Waals surface area contributed by atoms with Gasteiger partial charge in [0.1, 0.15) is 0 Å². The molecular formula is C22H17BrN4OS. The number of hydrogen-bond acceptors (Lipinski definition) is 5. The Balaban J connectivity index is 1.68. The Morgan fingerprint density at radius 1 is 1.03 bits per heavy atom. The van der Waals surface area contributed by atoms with E-state index in [1.54, 1.807) is 12.4 Å². The summed E-state index contributed by atoms with van der Waals surface area (Å²) < 4.78 is 2.94. The molecule has 0 aliphatic rings. The number of rotatable bonds is 6. The molecule has 0 saturated carbocycles. The first-order valence-corrected chi connectivity index (χ1v) is 10.7. The minimum atomic E-state index is 0.0461. The fourth-order valence-corrected chi connectivity index (χ4v) is 4.03. The average molecular weight is 465 g/mol. The van der Waals surface area contributed by atoms with E-state index in [1.165, 1.54) is 11.8 Å². The monoisotopic (exact) mass is 464 g/mol. The minimum absolute atomic E-state index is 0.0461. The largest absolute Gasteiger partial charge is 0.293 e. The van der Waals surface area contributed by atoms with Gasteiger partial charge in [-0.1, -0.05) is 58.0 Å². The van der Waals surface area contributed by atoms with Gasteiger partial charge in [0.2, 0.25) is 0 Å². The van der Waals surface area contributed by atoms with Gasteiger partial charge >= 0.3 is 0 Å². The summed E-state index contributed by atoms with van der Waals surface area (Å²) >= 11 is 4.78. The fraction of sp³-hybridized carbons (Fsp3) is 0.0909. The molecule has 0 radical (unpaired) electrons. The molecule has 0 atom stereocenters. The molecular weight excluding hydrogens is 448 g/mol. The average Bonchev–Trinajstić information content (AvgIpc) is 3.17. The lowest BCUT2D eigenvalue weighted by Gasteiger charge is -2.12. The number of halogens is 1. The van der Waals surface area contributed by atoms with E-state index in [-0.39, 0.29) is 11.5 Å². The second kappa shape index (κ2) is 8.71. The smallest absolute Gasteiger partial charge is 0.196 e. The van der Waals surface area contributed by atoms with Gasteiger partial charge < -0.3 is 0 Å². The number of ketones is 1. The summed E-state index contributed by atoms with van der Waals surface area (Å²) in [5, 5.41) is 9.45. The van der Waals surface area contributed by atoms with Crippen molar-refractivity contribution in [2.24, 2.45) is 0 Å². The van der Waals surface area contributed by atoms with Crippen LogP contribution < -0.4 is 0 Å². The second-order valence-electron chi connectivity index (χ2n) is 6.39. The lowest BCUT2D eigenvalue weighted by atomic mass is 10.2. The van der Waals surface area contributed by atoms with E-state index in [4.69, 9.17) is 0 Å². The predicted molar refractivity (Wildman–Crippen MR) is 119 cm³/mol. The highest BCUT2D eigenvalue weighted by molar-refractivity contribution is 9.10. The van der Waals surface area contributed by atoms with Crippen LogP contribution in [0.25, 0.3) is 17.1 Å². The van der Waals surface area contributed by atoms with Gasteiger partial charge in [0.05, 0.1) is 11.4 Å². The summed E-state index contributed by atoms with van der Waals surface area (Å²) in [6, 6.07) is 19.3. The Morgan fingerprint density at radius 2 is 1.83 bits per heavy atom. The quantitative estimate of drug-likeness (QED) is 0.283. The SMILES string of the molecule is Cc1ccccc1-n1c(SCC(=O)c2ccc(Br)cc2)nnc1-c1cccnc1. The van der Waals surface area contributed by atoms with Crippen molar-refractivity contribution in [1.29, 1.82) is 0 Å². The maximum Gasteiger partial charge on any atom is 0.196 e. The van der Waals surface area contributed by atoms with Crippen LogP contribution in [0.15, 0.2) is 82.7 Å². The Bertz CT molecular complexity index is 1140. The van der Waals surface area contributed by atoms with Crippen LogP contribution in [-0.4, -0.2) is 31.3 Å². The van der Waals surface area contributed by atoms with Crippen LogP contribution in [0.2, 0.25) is 0 Å². The fourth-order valence-electron chi connectivity index (χ4n) is 2.93. The Kier molecular flexibility index (Phi) is 5.87. The van der Waals surface area contributed by atoms with Gasteiger partial charge in [-0.15, -0.1) is 10.2 Å². The number of carbonyl (C=O) groups excluding carboxylic acids is 1. The van der Waals surface area contributed by atoms with E-state index in [0.29, 0.717) is 16.5 Å². The van der Waals surface area contributed by atoms with Gasteiger partial charge in [-0.25, -0.2) is 0 Å². The van der Waals surface area contributed by atoms with Gasteiger partial charge in [0, 0.05) is 28.0 Å². The molecule has 2 aromatic heterocycles. The van der Waals surface area contributed by atoms with Crippen LogP contribution >= 0.6 is 27.7 Å². The maximum atomic E-state index is 12.6. The predicted octanol–water partition coefficient (Wildman–Crippen LogP) is 5.38. The second-order valence-corrected chi connectivity index (χ2v) is 8.25. The zero-order chi connectivity index (χ0) is 20.2. The van der Waals surface area contributed by atoms with Crippen molar-refractivity contribution in [3.05, 3.63) is 88.7 Å². The van der Waals surface area contributed by atoms with Crippen LogP contribution in [0.3, 0.4) is 0 Å². The third-order valence-corrected chi connectivity index (χ3v) is 5.87. The number of hydrogen-bond donors (Lipinski definition) is 0. The van der Waals surface area contributed by atoms with Crippen molar-refractivity contribution in [3.63, 3.8) is 0 Å². The Hall–Kier alpha value is -2.77. The van der Waals surface area contributed by atoms with Gasteiger partial charge in [0.15, 0.2) is 16.8 Å². The number of Topliss-reactive ketones (excluding diaryl/α,β-unsaturated/α-hetero) is 1. The molecule has 0 aliphatic carbocycles. The van der Waals surface area contributed by atoms with E-state index in [1.807, 2.05) is 72.2 Å². The molecule has 4 rings (SSSR count). The molecule has 0 spiro atoms. The van der Waals surface area contributed by atoms with E-state index >= 15 is 0 Å². The van der Waals surface area contributed by atoms with Gasteiger partial charge in [-0.05, 0) is 42.8 Å². The maximum absolute atomic E-state index is 12.6. The van der Waals surface area contributed by atoms with E-state index in [9.17, 15) is 4.79 Å². The Labute approximate surface area is 181 Å². The van der Waals surface area contributed by atoms with Crippen molar-refractivity contribution < 1.29 is 4.79 Å². The first-order valence-electron chi connectivity index (χ1n) is 8.97. The van der Waals surface area contributed by atoms with Crippen LogP contribution in [0, 0.1) is 6.92 Å². The van der Waals surface area contributed by atoms with Crippen LogP contribution in [0.4, 0.5) is 0 Å². The molecule has 0 unspecified atom stereocenters. The molecule has 0 fully saturated rings. The molecule has 0 aliphatic heterocycles. The number of aryl methyl sites for hydroxylation is 1. The van der Waals surface area contributed by atoms with Crippen molar-refractivity contribution in [2.45, 2.75) is 12.1 Å². The number of thioether (sulfide) groups is 1. The molecule has 2 heterocycles. The van der Waals surface area contributed by atoms with E-state index < -0.39 is 0 Å². The van der Waals surface area contributed by atoms with Crippen LogP contribution in [0.5, 0.6) is 0 Å². The highest BCUT2D eigenvalue weighted by Gasteiger charge is 2.19. The molecule has 0 amide bonds. The minimum Gasteiger partial charge on any atom is -0.293 e. The summed E-state index contributed by atoms with van der Waals surface area (Å²) in [6.45, 7) is 2.05. The topological polar surface area (TPSA) is 60.7 Å². The van der Waals surface area contributed by atoms with E-state index in [2.05, 4.69) is 31.1 Å². The number of nitrogens with zero attached hydrogens (tertiary/aromatic N) is 4. The molecule has 0 N–H and O–H groups in total. The zero-order valence-corrected chi connectivity index (χ0v) is 18.0. The molecule has 0 saturated heterocycles. The molecule has 5 nitrogen and oxygen atoms in total. The molecule has 4 aromatic rings. The van der Waals surface area contributed by atoms with Gasteiger partial charge in [-0.3, -0.25) is 14.3 Å². The third-order valence-electron chi connectivity index (χ3n) is 4.41. The first-order chi connectivity index (χ1) is 14.1. The summed E-state index contributed by atoms with van der Waals surface area (Å²) in [4.78, 5) is 16.8. The van der Waals surface area contributed by atoms with E-state index in [0.717, 1.165) is 21.3 Å². The highest BCUT2D eigenvalue weighted by Crippen LogP contribution is 2.29. The zero-order valence-electron chi connectivity index (χ0n) is 15.6. The summed E-state index contributed by atoms with van der Waals surface area (Å²) in [5.74, 6) is 1.02. The summed E-state index contributed by atoms with van der Waals surface area (Å²) in [6.07, 6.45) is 3.49. The summed E-state index contributed by atoms with van der Waals surface area (Å²) in [5.41, 5.74) is 3.62. The number of benzene rings is 2. The van der Waals surface area contributed by atoms with Crippen molar-refractivity contribution in [2.75, 3.05) is 5.75 Å². The standard InChI is InChI=1S/C22H17BrN4OS/c1-15-5-2-3-7-19(15)27-21(17-6-4-12-24-13-17)25-26-22(27)29-14-20(28)16-8-10-18(23)11-9-16/h2-13H,14H2,1H3. The molecule has 29 heavy (non-hydrogen) atoms. The van der Waals surface area contributed by atoms with Crippen molar-refractivity contribution in [1.82, 2.24) is 19.7 Å².